The average molecular weight is 405 g/mol. The lowest BCUT2D eigenvalue weighted by Gasteiger charge is -2.35. The molecule has 3 fully saturated rings. The molecule has 4 heteroatoms. The molecule has 0 N–H and O–H groups in total. The summed E-state index contributed by atoms with van der Waals surface area (Å²) in [7, 11) is 0. The number of hydrogen-bond acceptors (Lipinski definition) is 4. The van der Waals surface area contributed by atoms with E-state index in [2.05, 4.69) is 13.8 Å². The van der Waals surface area contributed by atoms with Gasteiger partial charge in [0.15, 0.2) is 0 Å². The Morgan fingerprint density at radius 1 is 0.800 bits per heavy atom. The summed E-state index contributed by atoms with van der Waals surface area (Å²) in [5.74, 6) is 1.18. The predicted octanol–water partition coefficient (Wildman–Crippen LogP) is 5.14. The summed E-state index contributed by atoms with van der Waals surface area (Å²) in [4.78, 5) is 25.9. The van der Waals surface area contributed by atoms with Crippen LogP contribution in [0.25, 0.3) is 0 Å². The van der Waals surface area contributed by atoms with Gasteiger partial charge in [0.25, 0.3) is 0 Å². The molecule has 3 saturated carbocycles. The van der Waals surface area contributed by atoms with Gasteiger partial charge in [-0.3, -0.25) is 0 Å². The van der Waals surface area contributed by atoms with Crippen molar-refractivity contribution in [3.05, 3.63) is 71.8 Å². The molecule has 156 valence electrons. The monoisotopic (exact) mass is 404 g/mol. The smallest absolute Gasteiger partial charge is 0.338 e. The van der Waals surface area contributed by atoms with Crippen molar-refractivity contribution in [1.29, 1.82) is 0 Å². The van der Waals surface area contributed by atoms with Crippen LogP contribution in [0.2, 0.25) is 0 Å². The summed E-state index contributed by atoms with van der Waals surface area (Å²) in [5, 5.41) is 0. The Kier molecular flexibility index (Phi) is 4.68. The Morgan fingerprint density at radius 2 is 1.33 bits per heavy atom. The molecule has 6 atom stereocenters. The van der Waals surface area contributed by atoms with Gasteiger partial charge in [-0.05, 0) is 61.3 Å². The first-order valence-corrected chi connectivity index (χ1v) is 11.0. The van der Waals surface area contributed by atoms with Crippen molar-refractivity contribution in [2.24, 2.45) is 29.1 Å². The minimum absolute atomic E-state index is 0.240. The van der Waals surface area contributed by atoms with E-state index in [0.29, 0.717) is 28.9 Å². The molecule has 0 saturated heterocycles. The zero-order chi connectivity index (χ0) is 20.9. The molecule has 0 aromatic heterocycles. The maximum atomic E-state index is 12.9. The van der Waals surface area contributed by atoms with Gasteiger partial charge in [0.2, 0.25) is 0 Å². The fraction of sp³-hybridized carbons (Fsp3) is 0.462. The number of ether oxygens (including phenoxy) is 2. The lowest BCUT2D eigenvalue weighted by atomic mass is 9.70. The van der Waals surface area contributed by atoms with Crippen molar-refractivity contribution in [3.8, 4) is 0 Å². The van der Waals surface area contributed by atoms with Crippen molar-refractivity contribution in [1.82, 2.24) is 0 Å². The zero-order valence-electron chi connectivity index (χ0n) is 17.5. The first-order chi connectivity index (χ1) is 14.5. The second-order valence-corrected chi connectivity index (χ2v) is 9.69. The number of fused-ring (bicyclic) bond motifs is 5. The van der Waals surface area contributed by atoms with E-state index in [1.165, 1.54) is 19.3 Å². The molecule has 0 spiro atoms. The number of esters is 2. The van der Waals surface area contributed by atoms with Crippen LogP contribution in [0.4, 0.5) is 0 Å². The molecule has 5 rings (SSSR count). The Labute approximate surface area is 177 Å². The highest BCUT2D eigenvalue weighted by atomic mass is 16.6. The summed E-state index contributed by atoms with van der Waals surface area (Å²) in [6.07, 6.45) is 2.77. The lowest BCUT2D eigenvalue weighted by Crippen LogP contribution is -2.42. The van der Waals surface area contributed by atoms with Crippen LogP contribution in [0, 0.1) is 29.1 Å². The van der Waals surface area contributed by atoms with Crippen molar-refractivity contribution >= 4 is 11.9 Å². The van der Waals surface area contributed by atoms with Crippen LogP contribution in [0.3, 0.4) is 0 Å². The number of hydrogen-bond donors (Lipinski definition) is 0. The van der Waals surface area contributed by atoms with Crippen molar-refractivity contribution < 1.29 is 19.1 Å². The summed E-state index contributed by atoms with van der Waals surface area (Å²) < 4.78 is 12.2. The normalized spacial score (nSPS) is 33.1. The van der Waals surface area contributed by atoms with Gasteiger partial charge in [-0.15, -0.1) is 0 Å². The Bertz CT molecular complexity index is 936. The maximum absolute atomic E-state index is 12.9. The molecule has 0 amide bonds. The summed E-state index contributed by atoms with van der Waals surface area (Å²) >= 11 is 0. The minimum Gasteiger partial charge on any atom is -0.454 e. The van der Waals surface area contributed by atoms with E-state index in [-0.39, 0.29) is 23.3 Å². The zero-order valence-corrected chi connectivity index (χ0v) is 17.5. The predicted molar refractivity (Wildman–Crippen MR) is 113 cm³/mol. The van der Waals surface area contributed by atoms with E-state index in [9.17, 15) is 9.59 Å². The molecule has 2 aromatic carbocycles. The van der Waals surface area contributed by atoms with Gasteiger partial charge in [-0.1, -0.05) is 50.2 Å². The molecule has 6 unspecified atom stereocenters. The number of rotatable bonds is 4. The summed E-state index contributed by atoms with van der Waals surface area (Å²) in [6, 6.07) is 18.2. The van der Waals surface area contributed by atoms with Crippen molar-refractivity contribution in [3.63, 3.8) is 0 Å². The fourth-order valence-electron chi connectivity index (χ4n) is 6.61. The van der Waals surface area contributed by atoms with E-state index >= 15 is 0 Å². The van der Waals surface area contributed by atoms with Gasteiger partial charge in [0.05, 0.1) is 11.1 Å². The molecule has 4 nitrogen and oxygen atoms in total. The van der Waals surface area contributed by atoms with E-state index in [4.69, 9.17) is 9.47 Å². The quantitative estimate of drug-likeness (QED) is 0.662. The van der Waals surface area contributed by atoms with Crippen molar-refractivity contribution in [2.75, 3.05) is 0 Å². The Hall–Kier alpha value is -2.62. The topological polar surface area (TPSA) is 52.6 Å². The SMILES string of the molecule is CC1(C)C(OC(=O)c2ccccc2)C(OC(=O)c2ccccc2)C2C3CCC(C3)C21. The van der Waals surface area contributed by atoms with Crippen LogP contribution in [0.15, 0.2) is 60.7 Å². The highest BCUT2D eigenvalue weighted by Gasteiger charge is 2.67. The summed E-state index contributed by atoms with van der Waals surface area (Å²) in [6.45, 7) is 4.37. The first kappa shape index (κ1) is 19.3. The van der Waals surface area contributed by atoms with Crippen LogP contribution < -0.4 is 0 Å². The minimum atomic E-state index is -0.448. The van der Waals surface area contributed by atoms with E-state index in [1.807, 2.05) is 36.4 Å². The van der Waals surface area contributed by atoms with Crippen LogP contribution >= 0.6 is 0 Å². The van der Waals surface area contributed by atoms with Gasteiger partial charge in [0, 0.05) is 11.3 Å². The molecule has 0 heterocycles. The van der Waals surface area contributed by atoms with Crippen LogP contribution in [0.5, 0.6) is 0 Å². The molecule has 2 aromatic rings. The molecule has 0 aliphatic heterocycles. The molecule has 3 aliphatic rings. The Morgan fingerprint density at radius 3 is 1.93 bits per heavy atom. The second-order valence-electron chi connectivity index (χ2n) is 9.69. The third-order valence-electron chi connectivity index (χ3n) is 7.75. The van der Waals surface area contributed by atoms with E-state index in [1.54, 1.807) is 24.3 Å². The number of carbonyl (C=O) groups is 2. The average Bonchev–Trinajstić information content (AvgIpc) is 3.44. The molecular formula is C26H28O4. The van der Waals surface area contributed by atoms with Crippen LogP contribution in [0.1, 0.15) is 53.8 Å². The standard InChI is InChI=1S/C26H28O4/c1-26(2)21-19-14-13-18(15-19)20(21)22(29-24(27)16-9-5-3-6-10-16)23(26)30-25(28)17-11-7-4-8-12-17/h3-12,18-23H,13-15H2,1-2H3. The molecule has 30 heavy (non-hydrogen) atoms. The Balaban J connectivity index is 1.46. The largest absolute Gasteiger partial charge is 0.454 e. The van der Waals surface area contributed by atoms with Crippen LogP contribution in [-0.4, -0.2) is 24.1 Å². The third-order valence-corrected chi connectivity index (χ3v) is 7.75. The molecular weight excluding hydrogens is 376 g/mol. The number of benzene rings is 2. The second kappa shape index (κ2) is 7.26. The summed E-state index contributed by atoms with van der Waals surface area (Å²) in [5.41, 5.74) is 0.827. The van der Waals surface area contributed by atoms with Gasteiger partial charge in [0.1, 0.15) is 12.2 Å². The molecule has 3 aliphatic carbocycles. The van der Waals surface area contributed by atoms with Crippen molar-refractivity contribution in [2.45, 2.75) is 45.3 Å². The molecule has 2 bridgehead atoms. The van der Waals surface area contributed by atoms with Gasteiger partial charge < -0.3 is 9.47 Å². The third kappa shape index (κ3) is 3.05. The molecule has 0 radical (unpaired) electrons. The van der Waals surface area contributed by atoms with Gasteiger partial charge >= 0.3 is 11.9 Å². The first-order valence-electron chi connectivity index (χ1n) is 11.0. The van der Waals surface area contributed by atoms with Crippen LogP contribution in [-0.2, 0) is 9.47 Å². The number of carbonyl (C=O) groups excluding carboxylic acids is 2. The highest BCUT2D eigenvalue weighted by Crippen LogP contribution is 2.66. The fourth-order valence-corrected chi connectivity index (χ4v) is 6.61. The lowest BCUT2D eigenvalue weighted by molar-refractivity contribution is -0.0628. The maximum Gasteiger partial charge on any atom is 0.338 e. The van der Waals surface area contributed by atoms with E-state index in [0.717, 1.165) is 0 Å². The highest BCUT2D eigenvalue weighted by molar-refractivity contribution is 5.90. The van der Waals surface area contributed by atoms with Gasteiger partial charge in [-0.2, -0.15) is 0 Å². The van der Waals surface area contributed by atoms with Gasteiger partial charge in [-0.25, -0.2) is 9.59 Å². The van der Waals surface area contributed by atoms with E-state index < -0.39 is 12.2 Å².